The molecule has 1 fully saturated rings. The maximum absolute atomic E-state index is 12.3. The van der Waals surface area contributed by atoms with Gasteiger partial charge in [-0.05, 0) is 24.3 Å². The summed E-state index contributed by atoms with van der Waals surface area (Å²) < 4.78 is 10.9. The molecule has 0 bridgehead atoms. The molecule has 7 nitrogen and oxygen atoms in total. The maximum Gasteiger partial charge on any atom is 0.274 e. The predicted molar refractivity (Wildman–Crippen MR) is 92.9 cm³/mol. The fourth-order valence-electron chi connectivity index (χ4n) is 2.71. The lowest BCUT2D eigenvalue weighted by Gasteiger charge is -2.34. The SMILES string of the molecule is COc1ccc(OCCN2CCN(C(=O)c3cnccn3)CC2)cc1. The zero-order valence-corrected chi connectivity index (χ0v) is 14.3. The average Bonchev–Trinajstić information content (AvgIpc) is 2.69. The molecule has 2 heterocycles. The van der Waals surface area contributed by atoms with Crippen molar-refractivity contribution in [1.29, 1.82) is 0 Å². The molecule has 2 aromatic rings. The molecule has 7 heteroatoms. The van der Waals surface area contributed by atoms with E-state index in [0.29, 0.717) is 25.4 Å². The zero-order chi connectivity index (χ0) is 17.5. The van der Waals surface area contributed by atoms with Gasteiger partial charge in [-0.25, -0.2) is 4.98 Å². The van der Waals surface area contributed by atoms with E-state index in [-0.39, 0.29) is 5.91 Å². The number of benzene rings is 1. The lowest BCUT2D eigenvalue weighted by Crippen LogP contribution is -2.49. The first-order valence-electron chi connectivity index (χ1n) is 8.31. The summed E-state index contributed by atoms with van der Waals surface area (Å²) in [6, 6.07) is 7.56. The molecule has 0 radical (unpaired) electrons. The van der Waals surface area contributed by atoms with Crippen LogP contribution in [0.4, 0.5) is 0 Å². The molecule has 0 unspecified atom stereocenters. The highest BCUT2D eigenvalue weighted by atomic mass is 16.5. The number of carbonyl (C=O) groups excluding carboxylic acids is 1. The minimum absolute atomic E-state index is 0.0535. The van der Waals surface area contributed by atoms with Crippen LogP contribution in [0, 0.1) is 0 Å². The Hall–Kier alpha value is -2.67. The van der Waals surface area contributed by atoms with E-state index in [9.17, 15) is 4.79 Å². The van der Waals surface area contributed by atoms with Crippen molar-refractivity contribution in [3.63, 3.8) is 0 Å². The number of nitrogens with zero attached hydrogens (tertiary/aromatic N) is 4. The van der Waals surface area contributed by atoms with Gasteiger partial charge in [0.05, 0.1) is 13.3 Å². The number of aromatic nitrogens is 2. The number of ether oxygens (including phenoxy) is 2. The molecule has 0 spiro atoms. The Morgan fingerprint density at radius 1 is 1.08 bits per heavy atom. The maximum atomic E-state index is 12.3. The van der Waals surface area contributed by atoms with E-state index >= 15 is 0 Å². The van der Waals surface area contributed by atoms with Crippen LogP contribution in [0.3, 0.4) is 0 Å². The first-order valence-corrected chi connectivity index (χ1v) is 8.31. The Morgan fingerprint density at radius 2 is 1.80 bits per heavy atom. The topological polar surface area (TPSA) is 67.8 Å². The first-order chi connectivity index (χ1) is 12.3. The van der Waals surface area contributed by atoms with E-state index < -0.39 is 0 Å². The third-order valence-corrected chi connectivity index (χ3v) is 4.18. The fraction of sp³-hybridized carbons (Fsp3) is 0.389. The van der Waals surface area contributed by atoms with Crippen molar-refractivity contribution in [3.8, 4) is 11.5 Å². The van der Waals surface area contributed by atoms with Crippen LogP contribution in [0.25, 0.3) is 0 Å². The number of amides is 1. The van der Waals surface area contributed by atoms with Crippen LogP contribution < -0.4 is 9.47 Å². The number of rotatable bonds is 6. The summed E-state index contributed by atoms with van der Waals surface area (Å²) in [6.45, 7) is 4.50. The highest BCUT2D eigenvalue weighted by Gasteiger charge is 2.22. The average molecular weight is 342 g/mol. The van der Waals surface area contributed by atoms with Crippen molar-refractivity contribution in [3.05, 3.63) is 48.5 Å². The van der Waals surface area contributed by atoms with Crippen LogP contribution in [0.2, 0.25) is 0 Å². The van der Waals surface area contributed by atoms with Gasteiger partial charge < -0.3 is 14.4 Å². The molecule has 0 saturated carbocycles. The van der Waals surface area contributed by atoms with Gasteiger partial charge in [0, 0.05) is 45.1 Å². The van der Waals surface area contributed by atoms with Gasteiger partial charge in [0.25, 0.3) is 5.91 Å². The molecule has 1 aliphatic heterocycles. The number of hydrogen-bond acceptors (Lipinski definition) is 6. The van der Waals surface area contributed by atoms with Crippen molar-refractivity contribution < 1.29 is 14.3 Å². The first kappa shape index (κ1) is 17.2. The number of hydrogen-bond donors (Lipinski definition) is 0. The molecule has 1 aromatic heterocycles. The van der Waals surface area contributed by atoms with E-state index in [2.05, 4.69) is 14.9 Å². The Morgan fingerprint density at radius 3 is 2.44 bits per heavy atom. The minimum Gasteiger partial charge on any atom is -0.497 e. The molecule has 0 N–H and O–H groups in total. The quantitative estimate of drug-likeness (QED) is 0.789. The second-order valence-electron chi connectivity index (χ2n) is 5.75. The Balaban J connectivity index is 1.39. The van der Waals surface area contributed by atoms with Crippen molar-refractivity contribution in [2.75, 3.05) is 46.4 Å². The monoisotopic (exact) mass is 342 g/mol. The summed E-state index contributed by atoms with van der Waals surface area (Å²) >= 11 is 0. The molecule has 1 amide bonds. The summed E-state index contributed by atoms with van der Waals surface area (Å²) in [5.74, 6) is 1.59. The molecule has 3 rings (SSSR count). The lowest BCUT2D eigenvalue weighted by atomic mass is 10.3. The van der Waals surface area contributed by atoms with Crippen LogP contribution in [0.1, 0.15) is 10.5 Å². The van der Waals surface area contributed by atoms with Crippen molar-refractivity contribution >= 4 is 5.91 Å². The van der Waals surface area contributed by atoms with Crippen LogP contribution in [0.15, 0.2) is 42.9 Å². The van der Waals surface area contributed by atoms with Crippen LogP contribution in [0.5, 0.6) is 11.5 Å². The van der Waals surface area contributed by atoms with E-state index in [0.717, 1.165) is 31.1 Å². The number of methoxy groups -OCH3 is 1. The summed E-state index contributed by atoms with van der Waals surface area (Å²) in [5, 5.41) is 0. The number of piperazine rings is 1. The van der Waals surface area contributed by atoms with Gasteiger partial charge in [-0.2, -0.15) is 0 Å². The van der Waals surface area contributed by atoms with Crippen molar-refractivity contribution in [2.45, 2.75) is 0 Å². The lowest BCUT2D eigenvalue weighted by molar-refractivity contribution is 0.0614. The summed E-state index contributed by atoms with van der Waals surface area (Å²) in [4.78, 5) is 24.5. The van der Waals surface area contributed by atoms with Gasteiger partial charge in [0.2, 0.25) is 0 Å². The Bertz CT molecular complexity index is 670. The highest BCUT2D eigenvalue weighted by Crippen LogP contribution is 2.17. The molecule has 132 valence electrons. The standard InChI is InChI=1S/C18H22N4O3/c1-24-15-2-4-16(5-3-15)25-13-12-21-8-10-22(11-9-21)18(23)17-14-19-6-7-20-17/h2-7,14H,8-13H2,1H3. The zero-order valence-electron chi connectivity index (χ0n) is 14.3. The molecule has 0 aliphatic carbocycles. The Kier molecular flexibility index (Phi) is 5.79. The predicted octanol–water partition coefficient (Wildman–Crippen LogP) is 1.32. The second kappa shape index (κ2) is 8.43. The molecule has 1 saturated heterocycles. The third-order valence-electron chi connectivity index (χ3n) is 4.18. The van der Waals surface area contributed by atoms with Gasteiger partial charge in [-0.3, -0.25) is 14.7 Å². The number of carbonyl (C=O) groups is 1. The van der Waals surface area contributed by atoms with Crippen molar-refractivity contribution in [1.82, 2.24) is 19.8 Å². The fourth-order valence-corrected chi connectivity index (χ4v) is 2.71. The van der Waals surface area contributed by atoms with Gasteiger partial charge in [-0.1, -0.05) is 0 Å². The summed E-state index contributed by atoms with van der Waals surface area (Å²) in [6.07, 6.45) is 4.62. The van der Waals surface area contributed by atoms with Gasteiger partial charge in [-0.15, -0.1) is 0 Å². The van der Waals surface area contributed by atoms with E-state index in [4.69, 9.17) is 9.47 Å². The molecule has 0 atom stereocenters. The minimum atomic E-state index is -0.0535. The van der Waals surface area contributed by atoms with E-state index in [1.165, 1.54) is 6.20 Å². The Labute approximate surface area is 147 Å². The molecular weight excluding hydrogens is 320 g/mol. The van der Waals surface area contributed by atoms with Crippen LogP contribution in [-0.4, -0.2) is 72.1 Å². The van der Waals surface area contributed by atoms with Crippen LogP contribution >= 0.6 is 0 Å². The summed E-state index contributed by atoms with van der Waals surface area (Å²) in [5.41, 5.74) is 0.402. The van der Waals surface area contributed by atoms with Gasteiger partial charge >= 0.3 is 0 Å². The second-order valence-corrected chi connectivity index (χ2v) is 5.75. The molecule has 1 aromatic carbocycles. The largest absolute Gasteiger partial charge is 0.497 e. The molecule has 1 aliphatic rings. The van der Waals surface area contributed by atoms with E-state index in [1.54, 1.807) is 19.5 Å². The van der Waals surface area contributed by atoms with Crippen LogP contribution in [-0.2, 0) is 0 Å². The van der Waals surface area contributed by atoms with Gasteiger partial charge in [0.1, 0.15) is 23.8 Å². The highest BCUT2D eigenvalue weighted by molar-refractivity contribution is 5.92. The summed E-state index contributed by atoms with van der Waals surface area (Å²) in [7, 11) is 1.64. The third kappa shape index (κ3) is 4.67. The van der Waals surface area contributed by atoms with E-state index in [1.807, 2.05) is 29.2 Å². The molecule has 25 heavy (non-hydrogen) atoms. The van der Waals surface area contributed by atoms with Gasteiger partial charge in [0.15, 0.2) is 0 Å². The normalized spacial score (nSPS) is 15.0. The smallest absolute Gasteiger partial charge is 0.274 e. The van der Waals surface area contributed by atoms with Crippen molar-refractivity contribution in [2.24, 2.45) is 0 Å². The molecular formula is C18H22N4O3.